The van der Waals surface area contributed by atoms with Gasteiger partial charge >= 0.3 is 5.69 Å². The van der Waals surface area contributed by atoms with E-state index in [4.69, 9.17) is 0 Å². The van der Waals surface area contributed by atoms with E-state index in [-0.39, 0.29) is 12.2 Å². The van der Waals surface area contributed by atoms with Crippen LogP contribution in [0.2, 0.25) is 0 Å². The summed E-state index contributed by atoms with van der Waals surface area (Å²) < 4.78 is 1.40. The van der Waals surface area contributed by atoms with Crippen LogP contribution in [0.1, 0.15) is 19.8 Å². The third-order valence-corrected chi connectivity index (χ3v) is 3.81. The maximum Gasteiger partial charge on any atom is 0.306 e. The Kier molecular flexibility index (Phi) is 5.66. The first-order valence-electron chi connectivity index (χ1n) is 7.36. The summed E-state index contributed by atoms with van der Waals surface area (Å²) in [4.78, 5) is 12.5. The molecule has 118 valence electrons. The molecule has 0 radical (unpaired) electrons. The van der Waals surface area contributed by atoms with Gasteiger partial charge < -0.3 is 10.4 Å². The first-order valence-corrected chi connectivity index (χ1v) is 7.36. The zero-order valence-corrected chi connectivity index (χ0v) is 12.3. The van der Waals surface area contributed by atoms with E-state index >= 15 is 0 Å². The Balaban J connectivity index is 1.66. The molecule has 1 fully saturated rings. The lowest BCUT2D eigenvalue weighted by molar-refractivity contribution is -0.385. The van der Waals surface area contributed by atoms with Crippen LogP contribution in [0, 0.1) is 10.1 Å². The van der Waals surface area contributed by atoms with Crippen LogP contribution in [0.4, 0.5) is 5.69 Å². The smallest absolute Gasteiger partial charge is 0.306 e. The lowest BCUT2D eigenvalue weighted by Crippen LogP contribution is -2.41. The third-order valence-electron chi connectivity index (χ3n) is 3.81. The average molecular weight is 297 g/mol. The van der Waals surface area contributed by atoms with Crippen molar-refractivity contribution in [3.05, 3.63) is 22.5 Å². The molecule has 2 heterocycles. The van der Waals surface area contributed by atoms with E-state index in [0.717, 1.165) is 19.6 Å². The molecule has 21 heavy (non-hydrogen) atoms. The van der Waals surface area contributed by atoms with Crippen molar-refractivity contribution < 1.29 is 10.0 Å². The van der Waals surface area contributed by atoms with Gasteiger partial charge in [-0.1, -0.05) is 0 Å². The monoisotopic (exact) mass is 297 g/mol. The van der Waals surface area contributed by atoms with Crippen LogP contribution < -0.4 is 5.32 Å². The SMILES string of the molecule is CC(CNCC(O)Cn1cc([N+](=O)[O-])cn1)N1CCCC1. The van der Waals surface area contributed by atoms with Crippen molar-refractivity contribution in [2.24, 2.45) is 0 Å². The number of hydrogen-bond donors (Lipinski definition) is 2. The minimum absolute atomic E-state index is 0.0576. The fourth-order valence-corrected chi connectivity index (χ4v) is 2.60. The van der Waals surface area contributed by atoms with Gasteiger partial charge in [0.1, 0.15) is 12.4 Å². The van der Waals surface area contributed by atoms with E-state index in [2.05, 4.69) is 22.2 Å². The highest BCUT2D eigenvalue weighted by Crippen LogP contribution is 2.11. The van der Waals surface area contributed by atoms with Crippen LogP contribution in [0.3, 0.4) is 0 Å². The number of aromatic nitrogens is 2. The zero-order chi connectivity index (χ0) is 15.2. The maximum absolute atomic E-state index is 10.5. The molecule has 0 saturated carbocycles. The molecule has 2 N–H and O–H groups in total. The molecular weight excluding hydrogens is 274 g/mol. The summed E-state index contributed by atoms with van der Waals surface area (Å²) in [5, 5.41) is 27.6. The Morgan fingerprint density at radius 2 is 2.19 bits per heavy atom. The van der Waals surface area contributed by atoms with Crippen molar-refractivity contribution in [3.8, 4) is 0 Å². The number of aliphatic hydroxyl groups excluding tert-OH is 1. The molecule has 2 unspecified atom stereocenters. The molecule has 1 aromatic heterocycles. The summed E-state index contributed by atoms with van der Waals surface area (Å²) in [5.74, 6) is 0. The molecule has 8 heteroatoms. The lowest BCUT2D eigenvalue weighted by Gasteiger charge is -2.24. The maximum atomic E-state index is 10.5. The average Bonchev–Trinajstić information content (AvgIpc) is 3.09. The van der Waals surface area contributed by atoms with Crippen molar-refractivity contribution in [2.75, 3.05) is 26.2 Å². The van der Waals surface area contributed by atoms with Crippen molar-refractivity contribution in [1.29, 1.82) is 0 Å². The highest BCUT2D eigenvalue weighted by atomic mass is 16.6. The summed E-state index contributed by atoms with van der Waals surface area (Å²) in [6, 6.07) is 0.463. The summed E-state index contributed by atoms with van der Waals surface area (Å²) in [6.45, 7) is 6.02. The van der Waals surface area contributed by atoms with Gasteiger partial charge in [0.15, 0.2) is 0 Å². The van der Waals surface area contributed by atoms with Gasteiger partial charge in [-0.15, -0.1) is 0 Å². The Hall–Kier alpha value is -1.51. The molecule has 1 saturated heterocycles. The number of nitro groups is 1. The summed E-state index contributed by atoms with van der Waals surface area (Å²) in [7, 11) is 0. The highest BCUT2D eigenvalue weighted by Gasteiger charge is 2.18. The Morgan fingerprint density at radius 3 is 2.81 bits per heavy atom. The van der Waals surface area contributed by atoms with E-state index in [1.54, 1.807) is 0 Å². The number of likely N-dealkylation sites (tertiary alicyclic amines) is 1. The van der Waals surface area contributed by atoms with Gasteiger partial charge in [-0.3, -0.25) is 19.7 Å². The molecule has 2 atom stereocenters. The van der Waals surface area contributed by atoms with Gasteiger partial charge in [-0.2, -0.15) is 5.10 Å². The summed E-state index contributed by atoms with van der Waals surface area (Å²) in [5.41, 5.74) is -0.0576. The summed E-state index contributed by atoms with van der Waals surface area (Å²) >= 11 is 0. The van der Waals surface area contributed by atoms with Crippen LogP contribution >= 0.6 is 0 Å². The predicted molar refractivity (Wildman–Crippen MR) is 78.0 cm³/mol. The fourth-order valence-electron chi connectivity index (χ4n) is 2.60. The van der Waals surface area contributed by atoms with Crippen LogP contribution in [-0.2, 0) is 6.54 Å². The second-order valence-electron chi connectivity index (χ2n) is 5.58. The van der Waals surface area contributed by atoms with Crippen LogP contribution in [0.5, 0.6) is 0 Å². The van der Waals surface area contributed by atoms with E-state index in [0.29, 0.717) is 12.6 Å². The lowest BCUT2D eigenvalue weighted by atomic mass is 10.2. The number of nitrogens with one attached hydrogen (secondary N) is 1. The highest BCUT2D eigenvalue weighted by molar-refractivity contribution is 5.20. The fraction of sp³-hybridized carbons (Fsp3) is 0.769. The van der Waals surface area contributed by atoms with Crippen molar-refractivity contribution in [1.82, 2.24) is 20.0 Å². The molecule has 2 rings (SSSR count). The molecular formula is C13H23N5O3. The molecule has 1 aromatic rings. The quantitative estimate of drug-likeness (QED) is 0.526. The van der Waals surface area contributed by atoms with Crippen molar-refractivity contribution >= 4 is 5.69 Å². The van der Waals surface area contributed by atoms with Gasteiger partial charge in [-0.05, 0) is 32.9 Å². The van der Waals surface area contributed by atoms with Gasteiger partial charge in [0, 0.05) is 19.1 Å². The Morgan fingerprint density at radius 1 is 1.48 bits per heavy atom. The van der Waals surface area contributed by atoms with Crippen LogP contribution in [-0.4, -0.2) is 63.0 Å². The number of nitrogens with zero attached hydrogens (tertiary/aromatic N) is 4. The second kappa shape index (κ2) is 7.48. The van der Waals surface area contributed by atoms with E-state index < -0.39 is 11.0 Å². The zero-order valence-electron chi connectivity index (χ0n) is 12.3. The normalized spacial score (nSPS) is 18.8. The van der Waals surface area contributed by atoms with Crippen molar-refractivity contribution in [2.45, 2.75) is 38.5 Å². The topological polar surface area (TPSA) is 96.5 Å². The molecule has 0 spiro atoms. The van der Waals surface area contributed by atoms with Crippen LogP contribution in [0.15, 0.2) is 12.4 Å². The Labute approximate surface area is 123 Å². The molecule has 8 nitrogen and oxygen atoms in total. The minimum Gasteiger partial charge on any atom is -0.390 e. The van der Waals surface area contributed by atoms with Crippen molar-refractivity contribution in [3.63, 3.8) is 0 Å². The largest absolute Gasteiger partial charge is 0.390 e. The molecule has 0 aliphatic carbocycles. The number of rotatable bonds is 8. The first kappa shape index (κ1) is 15.9. The molecule has 1 aliphatic heterocycles. The standard InChI is InChI=1S/C13H23N5O3/c1-11(16-4-2-3-5-16)6-14-8-13(19)10-17-9-12(7-15-17)18(20)21/h7,9,11,13-14,19H,2-6,8,10H2,1H3. The summed E-state index contributed by atoms with van der Waals surface area (Å²) in [6.07, 6.45) is 4.44. The van der Waals surface area contributed by atoms with E-state index in [1.807, 2.05) is 0 Å². The van der Waals surface area contributed by atoms with E-state index in [1.165, 1.54) is 29.9 Å². The molecule has 0 amide bonds. The van der Waals surface area contributed by atoms with Gasteiger partial charge in [-0.25, -0.2) is 0 Å². The van der Waals surface area contributed by atoms with Gasteiger partial charge in [0.25, 0.3) is 0 Å². The molecule has 0 bridgehead atoms. The third kappa shape index (κ3) is 4.76. The second-order valence-corrected chi connectivity index (χ2v) is 5.58. The Bertz CT molecular complexity index is 458. The van der Waals surface area contributed by atoms with Gasteiger partial charge in [0.05, 0.1) is 17.6 Å². The van der Waals surface area contributed by atoms with Crippen LogP contribution in [0.25, 0.3) is 0 Å². The molecule has 1 aliphatic rings. The number of hydrogen-bond acceptors (Lipinski definition) is 6. The minimum atomic E-state index is -0.615. The predicted octanol–water partition coefficient (Wildman–Crippen LogP) is 0.226. The first-order chi connectivity index (χ1) is 10.1. The number of aliphatic hydroxyl groups is 1. The molecule has 0 aromatic carbocycles. The van der Waals surface area contributed by atoms with E-state index in [9.17, 15) is 15.2 Å². The van der Waals surface area contributed by atoms with Gasteiger partial charge in [0.2, 0.25) is 0 Å².